The zero-order valence-corrected chi connectivity index (χ0v) is 14.4. The average Bonchev–Trinajstić information content (AvgIpc) is 3.26. The fraction of sp³-hybridized carbons (Fsp3) is 0.850. The van der Waals surface area contributed by atoms with Crippen molar-refractivity contribution in [1.82, 2.24) is 9.80 Å². The minimum Gasteiger partial charge on any atom is -0.375 e. The predicted molar refractivity (Wildman–Crippen MR) is 90.5 cm³/mol. The van der Waals surface area contributed by atoms with Crippen molar-refractivity contribution in [2.24, 2.45) is 41.4 Å². The summed E-state index contributed by atoms with van der Waals surface area (Å²) in [4.78, 5) is 17.7. The van der Waals surface area contributed by atoms with Crippen molar-refractivity contribution >= 4 is 5.91 Å². The topological polar surface area (TPSA) is 23.6 Å². The highest BCUT2D eigenvalue weighted by Gasteiger charge is 2.63. The van der Waals surface area contributed by atoms with Crippen LogP contribution in [0.25, 0.3) is 0 Å². The Hall–Kier alpha value is -0.990. The highest BCUT2D eigenvalue weighted by atomic mass is 16.2. The highest BCUT2D eigenvalue weighted by molar-refractivity contribution is 5.79. The lowest BCUT2D eigenvalue weighted by atomic mass is 9.60. The molecule has 6 atom stereocenters. The van der Waals surface area contributed by atoms with E-state index in [0.717, 1.165) is 80.2 Å². The molecule has 126 valence electrons. The van der Waals surface area contributed by atoms with Gasteiger partial charge in [0, 0.05) is 37.8 Å². The molecular weight excluding hydrogens is 284 g/mol. The molecule has 4 saturated carbocycles. The third-order valence-electron chi connectivity index (χ3n) is 8.03. The van der Waals surface area contributed by atoms with Crippen LogP contribution in [0.15, 0.2) is 12.3 Å². The van der Waals surface area contributed by atoms with Crippen LogP contribution in [-0.4, -0.2) is 41.9 Å². The van der Waals surface area contributed by atoms with E-state index in [1.807, 2.05) is 0 Å². The second kappa shape index (κ2) is 5.00. The summed E-state index contributed by atoms with van der Waals surface area (Å²) >= 11 is 0. The molecule has 0 radical (unpaired) electrons. The van der Waals surface area contributed by atoms with E-state index in [1.54, 1.807) is 0 Å². The Morgan fingerprint density at radius 2 is 1.39 bits per heavy atom. The molecule has 0 aromatic heterocycles. The number of carbonyl (C=O) groups is 1. The molecule has 2 saturated heterocycles. The molecule has 6 rings (SSSR count). The lowest BCUT2D eigenvalue weighted by molar-refractivity contribution is -0.136. The maximum atomic E-state index is 13.0. The number of rotatable bonds is 2. The van der Waals surface area contributed by atoms with Crippen LogP contribution in [0, 0.1) is 41.4 Å². The summed E-state index contributed by atoms with van der Waals surface area (Å²) in [6, 6.07) is 0. The molecule has 0 spiro atoms. The molecule has 2 heterocycles. The normalized spacial score (nSPS) is 44.9. The fourth-order valence-corrected chi connectivity index (χ4v) is 6.80. The molecule has 6 aliphatic rings. The van der Waals surface area contributed by atoms with Gasteiger partial charge >= 0.3 is 0 Å². The maximum absolute atomic E-state index is 13.0. The zero-order chi connectivity index (χ0) is 15.7. The number of hydrogen-bond donors (Lipinski definition) is 0. The first-order chi connectivity index (χ1) is 11.1. The van der Waals surface area contributed by atoms with Crippen molar-refractivity contribution in [3.63, 3.8) is 0 Å². The predicted octanol–water partition coefficient (Wildman–Crippen LogP) is 2.98. The van der Waals surface area contributed by atoms with Gasteiger partial charge in [-0.15, -0.1) is 0 Å². The van der Waals surface area contributed by atoms with Crippen molar-refractivity contribution in [3.8, 4) is 0 Å². The number of allylic oxidation sites excluding steroid dienone is 1. The molecule has 23 heavy (non-hydrogen) atoms. The number of carbonyl (C=O) groups excluding carboxylic acids is 1. The summed E-state index contributed by atoms with van der Waals surface area (Å²) < 4.78 is 0. The number of likely N-dealkylation sites (tertiary alicyclic amines) is 2. The molecule has 2 aliphatic heterocycles. The van der Waals surface area contributed by atoms with Gasteiger partial charge in [-0.05, 0) is 74.5 Å². The summed E-state index contributed by atoms with van der Waals surface area (Å²) in [5, 5.41) is 0. The van der Waals surface area contributed by atoms with Gasteiger partial charge in [0.25, 0.3) is 0 Å². The number of nitrogens with zero attached hydrogens (tertiary/aromatic N) is 2. The molecule has 0 N–H and O–H groups in total. The number of amides is 1. The third kappa shape index (κ3) is 2.11. The quantitative estimate of drug-likeness (QED) is 0.782. The largest absolute Gasteiger partial charge is 0.375 e. The minimum atomic E-state index is 0.276. The van der Waals surface area contributed by atoms with Crippen LogP contribution in [0.5, 0.6) is 0 Å². The zero-order valence-electron chi connectivity index (χ0n) is 14.4. The van der Waals surface area contributed by atoms with Crippen molar-refractivity contribution < 1.29 is 4.79 Å². The Kier molecular flexibility index (Phi) is 3.12. The first-order valence-corrected chi connectivity index (χ1v) is 9.82. The maximum Gasteiger partial charge on any atom is 0.225 e. The molecule has 2 bridgehead atoms. The second-order valence-corrected chi connectivity index (χ2v) is 9.04. The summed E-state index contributed by atoms with van der Waals surface area (Å²) in [5.41, 5.74) is 1.15. The fourth-order valence-electron chi connectivity index (χ4n) is 6.80. The van der Waals surface area contributed by atoms with E-state index in [2.05, 4.69) is 23.3 Å². The molecule has 0 aromatic rings. The van der Waals surface area contributed by atoms with Crippen LogP contribution in [0.1, 0.15) is 39.0 Å². The molecular formula is C20H30N2O. The highest BCUT2D eigenvalue weighted by Crippen LogP contribution is 2.67. The van der Waals surface area contributed by atoms with Gasteiger partial charge in [-0.3, -0.25) is 4.79 Å². The van der Waals surface area contributed by atoms with E-state index in [4.69, 9.17) is 0 Å². The molecule has 4 aliphatic carbocycles. The molecule has 1 amide bonds. The van der Waals surface area contributed by atoms with E-state index in [0.29, 0.717) is 5.91 Å². The standard InChI is InChI=1S/C20H30N2O/c1-12(2)21-7-5-13(6-8-21)20(23)22-10-18-14-3-4-15(19(18)11-22)17-9-16(14)17/h13-19H,1,3-11H2,2H3. The Bertz CT molecular complexity index is 512. The molecule has 3 heteroatoms. The van der Waals surface area contributed by atoms with Crippen LogP contribution < -0.4 is 0 Å². The lowest BCUT2D eigenvalue weighted by Crippen LogP contribution is -2.41. The van der Waals surface area contributed by atoms with Crippen molar-refractivity contribution in [2.75, 3.05) is 26.2 Å². The first-order valence-electron chi connectivity index (χ1n) is 9.82. The summed E-state index contributed by atoms with van der Waals surface area (Å²) in [6.45, 7) is 10.3. The van der Waals surface area contributed by atoms with Crippen LogP contribution in [-0.2, 0) is 4.79 Å². The van der Waals surface area contributed by atoms with E-state index in [1.165, 1.54) is 19.3 Å². The van der Waals surface area contributed by atoms with Gasteiger partial charge in [0.05, 0.1) is 0 Å². The Morgan fingerprint density at radius 3 is 1.91 bits per heavy atom. The van der Waals surface area contributed by atoms with Gasteiger partial charge in [-0.25, -0.2) is 0 Å². The van der Waals surface area contributed by atoms with E-state index < -0.39 is 0 Å². The van der Waals surface area contributed by atoms with Crippen LogP contribution in [0.3, 0.4) is 0 Å². The van der Waals surface area contributed by atoms with Gasteiger partial charge in [0.15, 0.2) is 0 Å². The SMILES string of the molecule is C=C(C)N1CCC(C(=O)N2CC3C4CCC(C5CC45)C3C2)CC1. The van der Waals surface area contributed by atoms with Crippen LogP contribution in [0.4, 0.5) is 0 Å². The van der Waals surface area contributed by atoms with Gasteiger partial charge in [-0.2, -0.15) is 0 Å². The molecule has 3 nitrogen and oxygen atoms in total. The van der Waals surface area contributed by atoms with Crippen molar-refractivity contribution in [2.45, 2.75) is 39.0 Å². The molecule has 6 fully saturated rings. The van der Waals surface area contributed by atoms with Crippen molar-refractivity contribution in [1.29, 1.82) is 0 Å². The van der Waals surface area contributed by atoms with E-state index >= 15 is 0 Å². The van der Waals surface area contributed by atoms with Gasteiger partial charge in [-0.1, -0.05) is 6.58 Å². The number of fused-ring (bicyclic) bond motifs is 1. The van der Waals surface area contributed by atoms with Crippen molar-refractivity contribution in [3.05, 3.63) is 12.3 Å². The van der Waals surface area contributed by atoms with Gasteiger partial charge < -0.3 is 9.80 Å². The monoisotopic (exact) mass is 314 g/mol. The Morgan fingerprint density at radius 1 is 0.826 bits per heavy atom. The molecule has 0 aromatic carbocycles. The minimum absolute atomic E-state index is 0.276. The number of hydrogen-bond acceptors (Lipinski definition) is 2. The van der Waals surface area contributed by atoms with Gasteiger partial charge in [0.1, 0.15) is 0 Å². The smallest absolute Gasteiger partial charge is 0.225 e. The third-order valence-corrected chi connectivity index (χ3v) is 8.03. The van der Waals surface area contributed by atoms with Gasteiger partial charge in [0.2, 0.25) is 5.91 Å². The second-order valence-electron chi connectivity index (χ2n) is 9.04. The molecule has 6 unspecified atom stereocenters. The first kappa shape index (κ1) is 14.4. The lowest BCUT2D eigenvalue weighted by Gasteiger charge is -2.44. The summed E-state index contributed by atoms with van der Waals surface area (Å²) in [7, 11) is 0. The summed E-state index contributed by atoms with van der Waals surface area (Å²) in [6.07, 6.45) is 6.50. The Labute approximate surface area is 140 Å². The van der Waals surface area contributed by atoms with Crippen LogP contribution in [0.2, 0.25) is 0 Å². The average molecular weight is 314 g/mol. The summed E-state index contributed by atoms with van der Waals surface area (Å²) in [5.74, 6) is 6.53. The van der Waals surface area contributed by atoms with E-state index in [9.17, 15) is 4.79 Å². The Balaban J connectivity index is 1.24. The number of piperidine rings is 1. The van der Waals surface area contributed by atoms with Crippen LogP contribution >= 0.6 is 0 Å². The van der Waals surface area contributed by atoms with E-state index in [-0.39, 0.29) is 5.92 Å².